The minimum absolute atomic E-state index is 0.0169. The summed E-state index contributed by atoms with van der Waals surface area (Å²) in [5, 5.41) is 12.6. The molecule has 1 fully saturated rings. The molecule has 2 aliphatic carbocycles. The van der Waals surface area contributed by atoms with E-state index in [2.05, 4.69) is 45.6 Å². The number of nitrogens with one attached hydrogen (secondary N) is 2. The number of aliphatic imine (C=N–C) groups is 1. The highest BCUT2D eigenvalue weighted by Gasteiger charge is 2.36. The van der Waals surface area contributed by atoms with Crippen LogP contribution in [0.5, 0.6) is 0 Å². The van der Waals surface area contributed by atoms with Crippen LogP contribution in [0, 0.1) is 5.41 Å². The third-order valence-corrected chi connectivity index (χ3v) is 8.37. The Kier molecular flexibility index (Phi) is 6.14. The Labute approximate surface area is 220 Å². The van der Waals surface area contributed by atoms with Crippen LogP contribution in [0.2, 0.25) is 0 Å². The van der Waals surface area contributed by atoms with Gasteiger partial charge in [-0.05, 0) is 55.4 Å². The highest BCUT2D eigenvalue weighted by atomic mass is 32.2. The molecule has 0 bridgehead atoms. The number of amidine groups is 2. The average molecular weight is 508 g/mol. The van der Waals surface area contributed by atoms with Crippen LogP contribution in [0.4, 0.5) is 0 Å². The highest BCUT2D eigenvalue weighted by Crippen LogP contribution is 2.42. The maximum atomic E-state index is 8.69. The number of hydrogen-bond acceptors (Lipinski definition) is 6. The molecule has 3 aromatic rings. The maximum absolute atomic E-state index is 8.69. The van der Waals surface area contributed by atoms with Crippen molar-refractivity contribution in [2.45, 2.75) is 37.6 Å². The quantitative estimate of drug-likeness (QED) is 0.281. The van der Waals surface area contributed by atoms with Gasteiger partial charge in [0.05, 0.1) is 22.0 Å². The van der Waals surface area contributed by atoms with Crippen molar-refractivity contribution < 1.29 is 0 Å². The SMILES string of the molecule is N=C(N=C(N)C1=CNCS1)c1nccc2nc(C3=CC=C(C4(N)CCC4)CC3)c(-c3ccccc3)cc12. The van der Waals surface area contributed by atoms with Crippen LogP contribution >= 0.6 is 11.8 Å². The molecular formula is C29H29N7S. The summed E-state index contributed by atoms with van der Waals surface area (Å²) < 4.78 is 0. The van der Waals surface area contributed by atoms with Crippen molar-refractivity contribution in [3.63, 3.8) is 0 Å². The van der Waals surface area contributed by atoms with Gasteiger partial charge in [0.25, 0.3) is 0 Å². The molecule has 0 unspecified atom stereocenters. The molecule has 8 heteroatoms. The number of fused-ring (bicyclic) bond motifs is 1. The first-order chi connectivity index (χ1) is 18.0. The first kappa shape index (κ1) is 23.6. The van der Waals surface area contributed by atoms with E-state index in [0.29, 0.717) is 11.5 Å². The summed E-state index contributed by atoms with van der Waals surface area (Å²) >= 11 is 1.56. The molecule has 6 N–H and O–H groups in total. The summed E-state index contributed by atoms with van der Waals surface area (Å²) in [5.74, 6) is 1.08. The van der Waals surface area contributed by atoms with Gasteiger partial charge in [-0.1, -0.05) is 59.8 Å². The predicted octanol–water partition coefficient (Wildman–Crippen LogP) is 5.10. The van der Waals surface area contributed by atoms with E-state index < -0.39 is 0 Å². The fraction of sp³-hybridized carbons (Fsp3) is 0.241. The minimum atomic E-state index is -0.118. The van der Waals surface area contributed by atoms with E-state index in [1.54, 1.807) is 18.0 Å². The maximum Gasteiger partial charge on any atom is 0.173 e. The molecule has 0 radical (unpaired) electrons. The van der Waals surface area contributed by atoms with Crippen LogP contribution in [-0.2, 0) is 0 Å². The fourth-order valence-corrected chi connectivity index (χ4v) is 5.85. The Morgan fingerprint density at radius 3 is 2.62 bits per heavy atom. The van der Waals surface area contributed by atoms with Crippen molar-refractivity contribution in [2.24, 2.45) is 16.5 Å². The number of aromatic nitrogens is 2. The van der Waals surface area contributed by atoms with Crippen molar-refractivity contribution in [3.8, 4) is 11.1 Å². The molecule has 0 saturated heterocycles. The third-order valence-electron chi connectivity index (χ3n) is 7.42. The van der Waals surface area contributed by atoms with Crippen molar-refractivity contribution in [2.75, 3.05) is 5.88 Å². The second-order valence-corrected chi connectivity index (χ2v) is 10.7. The van der Waals surface area contributed by atoms with Gasteiger partial charge in [0.15, 0.2) is 5.84 Å². The van der Waals surface area contributed by atoms with Gasteiger partial charge in [-0.3, -0.25) is 10.4 Å². The molecule has 186 valence electrons. The monoisotopic (exact) mass is 507 g/mol. The molecule has 3 aliphatic rings. The fourth-order valence-electron chi connectivity index (χ4n) is 5.17. The van der Waals surface area contributed by atoms with Crippen LogP contribution in [0.1, 0.15) is 43.5 Å². The molecule has 1 aliphatic heterocycles. The Bertz CT molecular complexity index is 1510. The Morgan fingerprint density at radius 1 is 1.11 bits per heavy atom. The summed E-state index contributed by atoms with van der Waals surface area (Å²) in [4.78, 5) is 14.8. The number of allylic oxidation sites excluding steroid dienone is 3. The van der Waals surface area contributed by atoms with Crippen molar-refractivity contribution in [1.29, 1.82) is 5.41 Å². The number of hydrogen-bond donors (Lipinski definition) is 4. The first-order valence-corrected chi connectivity index (χ1v) is 13.5. The molecule has 0 atom stereocenters. The van der Waals surface area contributed by atoms with Gasteiger partial charge in [0, 0.05) is 28.9 Å². The normalized spacial score (nSPS) is 18.9. The first-order valence-electron chi connectivity index (χ1n) is 12.6. The summed E-state index contributed by atoms with van der Waals surface area (Å²) in [5.41, 5.74) is 19.5. The lowest BCUT2D eigenvalue weighted by atomic mass is 9.69. The van der Waals surface area contributed by atoms with Crippen molar-refractivity contribution >= 4 is 39.9 Å². The predicted molar refractivity (Wildman–Crippen MR) is 153 cm³/mol. The zero-order chi connectivity index (χ0) is 25.4. The second kappa shape index (κ2) is 9.61. The van der Waals surface area contributed by atoms with Gasteiger partial charge >= 0.3 is 0 Å². The highest BCUT2D eigenvalue weighted by molar-refractivity contribution is 8.04. The summed E-state index contributed by atoms with van der Waals surface area (Å²) in [6.07, 6.45) is 13.1. The van der Waals surface area contributed by atoms with Gasteiger partial charge in [0.2, 0.25) is 0 Å². The van der Waals surface area contributed by atoms with E-state index >= 15 is 0 Å². The Morgan fingerprint density at radius 2 is 1.95 bits per heavy atom. The number of nitrogens with two attached hydrogens (primary N) is 2. The largest absolute Gasteiger partial charge is 0.383 e. The lowest BCUT2D eigenvalue weighted by molar-refractivity contribution is 0.291. The number of nitrogens with zero attached hydrogens (tertiary/aromatic N) is 3. The van der Waals surface area contributed by atoms with Crippen LogP contribution in [-0.4, -0.2) is 33.1 Å². The molecule has 7 nitrogen and oxygen atoms in total. The smallest absolute Gasteiger partial charge is 0.173 e. The third kappa shape index (κ3) is 4.47. The lowest BCUT2D eigenvalue weighted by Crippen LogP contribution is -2.48. The molecule has 1 saturated carbocycles. The number of pyridine rings is 2. The number of rotatable bonds is 5. The summed E-state index contributed by atoms with van der Waals surface area (Å²) in [6.45, 7) is 0. The molecule has 3 heterocycles. The van der Waals surface area contributed by atoms with Crippen LogP contribution < -0.4 is 16.8 Å². The van der Waals surface area contributed by atoms with Gasteiger partial charge in [-0.15, -0.1) is 0 Å². The number of thioether (sulfide) groups is 1. The van der Waals surface area contributed by atoms with Gasteiger partial charge < -0.3 is 16.8 Å². The van der Waals surface area contributed by atoms with Gasteiger partial charge in [-0.2, -0.15) is 0 Å². The Balaban J connectivity index is 1.46. The zero-order valence-electron chi connectivity index (χ0n) is 20.5. The minimum Gasteiger partial charge on any atom is -0.383 e. The lowest BCUT2D eigenvalue weighted by Gasteiger charge is -2.41. The molecule has 0 amide bonds. The second-order valence-electron chi connectivity index (χ2n) is 9.72. The van der Waals surface area contributed by atoms with E-state index in [9.17, 15) is 0 Å². The number of benzene rings is 1. The van der Waals surface area contributed by atoms with E-state index in [-0.39, 0.29) is 11.4 Å². The van der Waals surface area contributed by atoms with Crippen LogP contribution in [0.3, 0.4) is 0 Å². The molecule has 1 aromatic carbocycles. The van der Waals surface area contributed by atoms with Crippen molar-refractivity contribution in [3.05, 3.63) is 88.9 Å². The standard InChI is InChI=1S/C29H29N7S/c30-27(24-16-33-17-37-24)36-28(31)26-22-15-21(18-5-2-1-3-6-18)25(35-23(22)11-14-34-26)19-7-9-20(10-8-19)29(32)12-4-13-29/h1-3,5-7,9,11,14-16,33H,4,8,10,12-13,17,32H2,(H3,30,31,36). The van der Waals surface area contributed by atoms with Crippen LogP contribution in [0.15, 0.2) is 82.5 Å². The van der Waals surface area contributed by atoms with Crippen LogP contribution in [0.25, 0.3) is 27.6 Å². The molecule has 2 aromatic heterocycles. The molecule has 6 rings (SSSR count). The van der Waals surface area contributed by atoms with E-state index in [0.717, 1.165) is 64.2 Å². The molecular weight excluding hydrogens is 478 g/mol. The van der Waals surface area contributed by atoms with E-state index in [1.165, 1.54) is 17.6 Å². The average Bonchev–Trinajstić information content (AvgIpc) is 3.47. The van der Waals surface area contributed by atoms with Gasteiger partial charge in [-0.25, -0.2) is 9.98 Å². The van der Waals surface area contributed by atoms with E-state index in [1.807, 2.05) is 30.5 Å². The molecule has 37 heavy (non-hydrogen) atoms. The summed E-state index contributed by atoms with van der Waals surface area (Å²) in [6, 6.07) is 14.2. The summed E-state index contributed by atoms with van der Waals surface area (Å²) in [7, 11) is 0. The van der Waals surface area contributed by atoms with E-state index in [4.69, 9.17) is 21.9 Å². The zero-order valence-corrected chi connectivity index (χ0v) is 21.3. The van der Waals surface area contributed by atoms with Crippen molar-refractivity contribution in [1.82, 2.24) is 15.3 Å². The Hall–Kier alpha value is -3.75. The topological polar surface area (TPSA) is 126 Å². The molecule has 0 spiro atoms. The van der Waals surface area contributed by atoms with Gasteiger partial charge in [0.1, 0.15) is 11.5 Å².